The van der Waals surface area contributed by atoms with Gasteiger partial charge in [0, 0.05) is 33.3 Å². The van der Waals surface area contributed by atoms with Gasteiger partial charge in [0.25, 0.3) is 0 Å². The third kappa shape index (κ3) is 10.3. The summed E-state index contributed by atoms with van der Waals surface area (Å²) in [5.74, 6) is 1.11. The number of ether oxygens (including phenoxy) is 2. The van der Waals surface area contributed by atoms with Crippen LogP contribution in [0.4, 0.5) is 0 Å². The Labute approximate surface area is 162 Å². The highest BCUT2D eigenvalue weighted by atomic mass is 127. The molecule has 0 aromatic heterocycles. The van der Waals surface area contributed by atoms with E-state index in [4.69, 9.17) is 9.47 Å². The van der Waals surface area contributed by atoms with E-state index < -0.39 is 0 Å². The molecule has 2 unspecified atom stereocenters. The second-order valence-corrected chi connectivity index (χ2v) is 6.59. The van der Waals surface area contributed by atoms with Crippen molar-refractivity contribution >= 4 is 35.8 Å². The number of hydrogen-bond donors (Lipinski definition) is 2. The molecule has 2 N–H and O–H groups in total. The smallest absolute Gasteiger partial charge is 0.243 e. The van der Waals surface area contributed by atoms with Crippen LogP contribution in [0.2, 0.25) is 0 Å². The lowest BCUT2D eigenvalue weighted by atomic mass is 10.2. The molecule has 24 heavy (non-hydrogen) atoms. The molecular weight excluding hydrogens is 423 g/mol. The lowest BCUT2D eigenvalue weighted by molar-refractivity contribution is -0.127. The molecule has 2 atom stereocenters. The molecule has 0 aromatic rings. The Balaban J connectivity index is 0.00000529. The van der Waals surface area contributed by atoms with Crippen LogP contribution in [0, 0.1) is 5.92 Å². The molecule has 0 radical (unpaired) electrons. The van der Waals surface area contributed by atoms with Crippen LogP contribution in [-0.2, 0) is 14.3 Å². The van der Waals surface area contributed by atoms with E-state index in [9.17, 15) is 4.79 Å². The van der Waals surface area contributed by atoms with Crippen molar-refractivity contribution in [3.63, 3.8) is 0 Å². The second kappa shape index (κ2) is 12.7. The minimum atomic E-state index is -0.0253. The molecular formula is C16H33IN4O3. The maximum Gasteiger partial charge on any atom is 0.243 e. The molecule has 1 amide bonds. The van der Waals surface area contributed by atoms with E-state index in [0.717, 1.165) is 19.6 Å². The third-order valence-electron chi connectivity index (χ3n) is 3.40. The number of guanidine groups is 1. The fraction of sp³-hybridized carbons (Fsp3) is 0.875. The van der Waals surface area contributed by atoms with Gasteiger partial charge in [-0.15, -0.1) is 24.0 Å². The summed E-state index contributed by atoms with van der Waals surface area (Å²) < 4.78 is 11.1. The van der Waals surface area contributed by atoms with E-state index in [-0.39, 0.29) is 48.6 Å². The Hall–Kier alpha value is -0.610. The number of hydrogen-bond acceptors (Lipinski definition) is 4. The third-order valence-corrected chi connectivity index (χ3v) is 3.40. The molecule has 1 aliphatic rings. The maximum absolute atomic E-state index is 11.7. The van der Waals surface area contributed by atoms with Gasteiger partial charge in [-0.25, -0.2) is 4.99 Å². The molecule has 1 saturated heterocycles. The average molecular weight is 456 g/mol. The summed E-state index contributed by atoms with van der Waals surface area (Å²) in [7, 11) is 3.46. The van der Waals surface area contributed by atoms with Crippen molar-refractivity contribution in [2.24, 2.45) is 10.9 Å². The van der Waals surface area contributed by atoms with Gasteiger partial charge in [-0.2, -0.15) is 0 Å². The van der Waals surface area contributed by atoms with Crippen LogP contribution in [0.25, 0.3) is 0 Å². The van der Waals surface area contributed by atoms with Crippen molar-refractivity contribution in [2.75, 3.05) is 47.0 Å². The second-order valence-electron chi connectivity index (χ2n) is 6.59. The van der Waals surface area contributed by atoms with Gasteiger partial charge in [-0.3, -0.25) is 4.79 Å². The minimum Gasteiger partial charge on any atom is -0.379 e. The van der Waals surface area contributed by atoms with Crippen molar-refractivity contribution in [1.82, 2.24) is 15.5 Å². The molecule has 0 saturated carbocycles. The predicted molar refractivity (Wildman–Crippen MR) is 107 cm³/mol. The largest absolute Gasteiger partial charge is 0.379 e. The molecule has 0 aliphatic carbocycles. The SMILES string of the molecule is CC(C)CNC(=NCC(=O)N(C)C)NC(C)COC1CCOC1.I. The molecule has 7 nitrogen and oxygen atoms in total. The van der Waals surface area contributed by atoms with Gasteiger partial charge < -0.3 is 25.0 Å². The van der Waals surface area contributed by atoms with Crippen molar-refractivity contribution in [3.8, 4) is 0 Å². The molecule has 1 aliphatic heterocycles. The Bertz CT molecular complexity index is 386. The zero-order chi connectivity index (χ0) is 17.2. The highest BCUT2D eigenvalue weighted by Gasteiger charge is 2.17. The van der Waals surface area contributed by atoms with Crippen LogP contribution in [-0.4, -0.2) is 75.9 Å². The van der Waals surface area contributed by atoms with Gasteiger partial charge >= 0.3 is 0 Å². The average Bonchev–Trinajstić information content (AvgIpc) is 3.00. The van der Waals surface area contributed by atoms with Crippen LogP contribution in [0.3, 0.4) is 0 Å². The minimum absolute atomic E-state index is 0. The van der Waals surface area contributed by atoms with Crippen molar-refractivity contribution < 1.29 is 14.3 Å². The molecule has 0 bridgehead atoms. The Morgan fingerprint density at radius 2 is 2.08 bits per heavy atom. The number of nitrogens with one attached hydrogen (secondary N) is 2. The topological polar surface area (TPSA) is 75.2 Å². The summed E-state index contributed by atoms with van der Waals surface area (Å²) in [6.07, 6.45) is 1.15. The van der Waals surface area contributed by atoms with Crippen LogP contribution in [0.1, 0.15) is 27.2 Å². The van der Waals surface area contributed by atoms with Crippen LogP contribution in [0.15, 0.2) is 4.99 Å². The van der Waals surface area contributed by atoms with Crippen LogP contribution < -0.4 is 10.6 Å². The summed E-state index contributed by atoms with van der Waals surface area (Å²) in [6.45, 7) is 9.26. The number of nitrogens with zero attached hydrogens (tertiary/aromatic N) is 2. The summed E-state index contributed by atoms with van der Waals surface area (Å²) >= 11 is 0. The molecule has 1 heterocycles. The number of amides is 1. The maximum atomic E-state index is 11.7. The van der Waals surface area contributed by atoms with E-state index >= 15 is 0 Å². The van der Waals surface area contributed by atoms with Crippen LogP contribution in [0.5, 0.6) is 0 Å². The Morgan fingerprint density at radius 3 is 2.62 bits per heavy atom. The Kier molecular flexibility index (Phi) is 12.4. The molecule has 0 aromatic carbocycles. The summed E-state index contributed by atoms with van der Waals surface area (Å²) in [4.78, 5) is 17.6. The van der Waals surface area contributed by atoms with Crippen molar-refractivity contribution in [3.05, 3.63) is 0 Å². The number of halogens is 1. The van der Waals surface area contributed by atoms with Gasteiger partial charge in [-0.1, -0.05) is 13.8 Å². The van der Waals surface area contributed by atoms with Crippen LogP contribution >= 0.6 is 24.0 Å². The monoisotopic (exact) mass is 456 g/mol. The highest BCUT2D eigenvalue weighted by molar-refractivity contribution is 14.0. The standard InChI is InChI=1S/C16H32N4O3.HI/c1-12(2)8-17-16(18-9-15(21)20(4)5)19-13(3)10-23-14-6-7-22-11-14;/h12-14H,6-11H2,1-5H3,(H2,17,18,19);1H. The predicted octanol–water partition coefficient (Wildman–Crippen LogP) is 1.08. The van der Waals surface area contributed by atoms with Gasteiger partial charge in [0.05, 0.1) is 19.3 Å². The van der Waals surface area contributed by atoms with Gasteiger partial charge in [0.1, 0.15) is 6.54 Å². The number of aliphatic imine (C=N–C) groups is 1. The normalized spacial score (nSPS) is 18.9. The number of rotatable bonds is 8. The van der Waals surface area contributed by atoms with Gasteiger partial charge in [0.2, 0.25) is 5.91 Å². The number of carbonyl (C=O) groups is 1. The number of carbonyl (C=O) groups excluding carboxylic acids is 1. The van der Waals surface area contributed by atoms with E-state index in [1.165, 1.54) is 4.90 Å². The van der Waals surface area contributed by atoms with E-state index in [1.54, 1.807) is 14.1 Å². The number of likely N-dealkylation sites (N-methyl/N-ethyl adjacent to an activating group) is 1. The molecule has 142 valence electrons. The van der Waals surface area contributed by atoms with E-state index in [1.807, 2.05) is 6.92 Å². The van der Waals surface area contributed by atoms with Crippen molar-refractivity contribution in [2.45, 2.75) is 39.3 Å². The fourth-order valence-electron chi connectivity index (χ4n) is 1.94. The first-order chi connectivity index (χ1) is 10.9. The first-order valence-corrected chi connectivity index (χ1v) is 8.32. The zero-order valence-electron chi connectivity index (χ0n) is 15.5. The summed E-state index contributed by atoms with van der Waals surface area (Å²) in [5.41, 5.74) is 0. The first kappa shape index (κ1) is 23.4. The van der Waals surface area contributed by atoms with Gasteiger partial charge in [0.15, 0.2) is 5.96 Å². The van der Waals surface area contributed by atoms with Gasteiger partial charge in [-0.05, 0) is 19.3 Å². The highest BCUT2D eigenvalue weighted by Crippen LogP contribution is 2.08. The molecule has 8 heteroatoms. The summed E-state index contributed by atoms with van der Waals surface area (Å²) in [5, 5.41) is 6.55. The molecule has 1 rings (SSSR count). The Morgan fingerprint density at radius 1 is 1.38 bits per heavy atom. The lowest BCUT2D eigenvalue weighted by Gasteiger charge is -2.21. The van der Waals surface area contributed by atoms with Crippen molar-refractivity contribution in [1.29, 1.82) is 0 Å². The molecule has 0 spiro atoms. The quantitative estimate of drug-likeness (QED) is 0.325. The summed E-state index contributed by atoms with van der Waals surface area (Å²) in [6, 6.07) is 0.100. The first-order valence-electron chi connectivity index (χ1n) is 8.32. The molecule has 1 fully saturated rings. The lowest BCUT2D eigenvalue weighted by Crippen LogP contribution is -2.46. The fourth-order valence-corrected chi connectivity index (χ4v) is 1.94. The van der Waals surface area contributed by atoms with E-state index in [2.05, 4.69) is 29.5 Å². The zero-order valence-corrected chi connectivity index (χ0v) is 17.8. The van der Waals surface area contributed by atoms with E-state index in [0.29, 0.717) is 25.1 Å².